The van der Waals surface area contributed by atoms with Gasteiger partial charge in [0.2, 0.25) is 0 Å². The highest BCUT2D eigenvalue weighted by molar-refractivity contribution is 7.92. The molecule has 2 aromatic carbocycles. The van der Waals surface area contributed by atoms with Gasteiger partial charge in [-0.3, -0.25) is 4.31 Å². The van der Waals surface area contributed by atoms with Gasteiger partial charge in [0.05, 0.1) is 30.2 Å². The minimum Gasteiger partial charge on any atom is -0.385 e. The Morgan fingerprint density at radius 3 is 2.04 bits per heavy atom. The number of nitrogens with zero attached hydrogens (tertiary/aromatic N) is 1. The molecule has 1 heterocycles. The summed E-state index contributed by atoms with van der Waals surface area (Å²) in [7, 11) is -3.76. The van der Waals surface area contributed by atoms with E-state index >= 15 is 0 Å². The van der Waals surface area contributed by atoms with Gasteiger partial charge in [-0.05, 0) is 57.4 Å². The lowest BCUT2D eigenvalue weighted by Gasteiger charge is -2.30. The van der Waals surface area contributed by atoms with Gasteiger partial charge in [0, 0.05) is 0 Å². The molecule has 0 aliphatic carbocycles. The third-order valence-corrected chi connectivity index (χ3v) is 7.20. The molecular formula is C22H31N2O3S+. The summed E-state index contributed by atoms with van der Waals surface area (Å²) in [6.07, 6.45) is 2.88. The van der Waals surface area contributed by atoms with Crippen molar-refractivity contribution in [3.8, 4) is 0 Å². The quantitative estimate of drug-likeness (QED) is 0.743. The largest absolute Gasteiger partial charge is 0.385 e. The molecule has 1 saturated heterocycles. The number of sulfonamides is 1. The molecule has 0 saturated carbocycles. The monoisotopic (exact) mass is 403 g/mol. The Morgan fingerprint density at radius 1 is 0.929 bits per heavy atom. The Kier molecular flexibility index (Phi) is 6.75. The van der Waals surface area contributed by atoms with Crippen LogP contribution in [0.3, 0.4) is 0 Å². The number of quaternary nitrogens is 1. The second-order valence-electron chi connectivity index (χ2n) is 7.85. The van der Waals surface area contributed by atoms with Gasteiger partial charge in [0.25, 0.3) is 10.0 Å². The summed E-state index contributed by atoms with van der Waals surface area (Å²) in [4.78, 5) is 1.60. The number of aliphatic hydroxyl groups is 1. The second-order valence-corrected chi connectivity index (χ2v) is 9.72. The third-order valence-electron chi connectivity index (χ3n) is 5.39. The predicted octanol–water partition coefficient (Wildman–Crippen LogP) is 1.93. The Balaban J connectivity index is 1.86. The lowest BCUT2D eigenvalue weighted by molar-refractivity contribution is -0.907. The first-order valence-electron chi connectivity index (χ1n) is 10.0. The van der Waals surface area contributed by atoms with Crippen molar-refractivity contribution in [1.29, 1.82) is 0 Å². The van der Waals surface area contributed by atoms with Crippen molar-refractivity contribution in [3.05, 3.63) is 59.7 Å². The van der Waals surface area contributed by atoms with Gasteiger partial charge < -0.3 is 10.0 Å². The van der Waals surface area contributed by atoms with Crippen LogP contribution in [0, 0.1) is 13.8 Å². The molecule has 0 spiro atoms. The first kappa shape index (κ1) is 20.8. The van der Waals surface area contributed by atoms with Crippen LogP contribution < -0.4 is 9.21 Å². The van der Waals surface area contributed by atoms with Crippen molar-refractivity contribution in [3.63, 3.8) is 0 Å². The zero-order chi connectivity index (χ0) is 20.1. The summed E-state index contributed by atoms with van der Waals surface area (Å²) in [5.74, 6) is 0. The van der Waals surface area contributed by atoms with E-state index in [2.05, 4.69) is 0 Å². The second kappa shape index (κ2) is 9.07. The van der Waals surface area contributed by atoms with Crippen LogP contribution in [0.1, 0.15) is 30.4 Å². The fourth-order valence-electron chi connectivity index (χ4n) is 3.74. The van der Waals surface area contributed by atoms with E-state index in [0.717, 1.165) is 24.2 Å². The van der Waals surface area contributed by atoms with Crippen LogP contribution in [0.15, 0.2) is 53.4 Å². The third kappa shape index (κ3) is 5.13. The fourth-order valence-corrected chi connectivity index (χ4v) is 5.24. The SMILES string of the molecule is Cc1ccc(N(CC(O)C[NH+]2CCCCC2)S(=O)(=O)c2ccc(C)cc2)cc1. The van der Waals surface area contributed by atoms with Gasteiger partial charge in [0.1, 0.15) is 12.6 Å². The van der Waals surface area contributed by atoms with Crippen molar-refractivity contribution < 1.29 is 18.4 Å². The van der Waals surface area contributed by atoms with Gasteiger partial charge in [-0.2, -0.15) is 0 Å². The first-order chi connectivity index (χ1) is 13.4. The molecule has 1 aliphatic rings. The molecule has 28 heavy (non-hydrogen) atoms. The van der Waals surface area contributed by atoms with Gasteiger partial charge >= 0.3 is 0 Å². The molecule has 5 nitrogen and oxygen atoms in total. The van der Waals surface area contributed by atoms with Crippen LogP contribution in [0.5, 0.6) is 0 Å². The summed E-state index contributed by atoms with van der Waals surface area (Å²) in [6.45, 7) is 6.63. The van der Waals surface area contributed by atoms with E-state index in [4.69, 9.17) is 0 Å². The Hall–Kier alpha value is -1.89. The number of likely N-dealkylation sites (tertiary alicyclic amines) is 1. The smallest absolute Gasteiger partial charge is 0.264 e. The average molecular weight is 404 g/mol. The summed E-state index contributed by atoms with van der Waals surface area (Å²) in [5.41, 5.74) is 2.66. The highest BCUT2D eigenvalue weighted by Crippen LogP contribution is 2.24. The number of benzene rings is 2. The first-order valence-corrected chi connectivity index (χ1v) is 11.5. The van der Waals surface area contributed by atoms with E-state index in [1.807, 2.05) is 38.1 Å². The number of anilines is 1. The van der Waals surface area contributed by atoms with Crippen molar-refractivity contribution in [2.45, 2.75) is 44.1 Å². The molecule has 152 valence electrons. The summed E-state index contributed by atoms with van der Waals surface area (Å²) in [6, 6.07) is 14.3. The maximum absolute atomic E-state index is 13.4. The molecule has 1 unspecified atom stereocenters. The van der Waals surface area contributed by atoms with Crippen LogP contribution in [0.4, 0.5) is 5.69 Å². The summed E-state index contributed by atoms with van der Waals surface area (Å²) >= 11 is 0. The fraction of sp³-hybridized carbons (Fsp3) is 0.455. The van der Waals surface area contributed by atoms with E-state index in [9.17, 15) is 13.5 Å². The Labute approximate surface area is 168 Å². The van der Waals surface area contributed by atoms with Gasteiger partial charge in [0.15, 0.2) is 0 Å². The maximum Gasteiger partial charge on any atom is 0.264 e. The molecule has 0 aromatic heterocycles. The normalized spacial score (nSPS) is 16.7. The zero-order valence-electron chi connectivity index (χ0n) is 16.8. The maximum atomic E-state index is 13.4. The van der Waals surface area contributed by atoms with Crippen LogP contribution >= 0.6 is 0 Å². The number of rotatable bonds is 7. The van der Waals surface area contributed by atoms with Crippen LogP contribution in [-0.4, -0.2) is 45.8 Å². The molecule has 2 N–H and O–H groups in total. The molecule has 1 aliphatic heterocycles. The lowest BCUT2D eigenvalue weighted by Crippen LogP contribution is -3.14. The highest BCUT2D eigenvalue weighted by atomic mass is 32.2. The average Bonchev–Trinajstić information content (AvgIpc) is 2.68. The minimum absolute atomic E-state index is 0.0583. The standard InChI is InChI=1S/C22H30N2O3S/c1-18-6-10-20(11-7-18)24(17-21(25)16-23-14-4-3-5-15-23)28(26,27)22-12-8-19(2)9-13-22/h6-13,21,25H,3-5,14-17H2,1-2H3/p+1. The Bertz CT molecular complexity index is 858. The molecule has 1 atom stereocenters. The van der Waals surface area contributed by atoms with Gasteiger partial charge in [-0.1, -0.05) is 35.4 Å². The molecule has 1 fully saturated rings. The predicted molar refractivity (Wildman–Crippen MR) is 112 cm³/mol. The van der Waals surface area contributed by atoms with E-state index < -0.39 is 16.1 Å². The molecule has 0 bridgehead atoms. The van der Waals surface area contributed by atoms with E-state index in [1.54, 1.807) is 24.3 Å². The van der Waals surface area contributed by atoms with E-state index in [1.165, 1.54) is 28.5 Å². The number of hydrogen-bond donors (Lipinski definition) is 2. The van der Waals surface area contributed by atoms with Crippen LogP contribution in [0.25, 0.3) is 0 Å². The minimum atomic E-state index is -3.76. The topological polar surface area (TPSA) is 62.1 Å². The van der Waals surface area contributed by atoms with Crippen molar-refractivity contribution >= 4 is 15.7 Å². The van der Waals surface area contributed by atoms with Crippen molar-refractivity contribution in [2.24, 2.45) is 0 Å². The molecular weight excluding hydrogens is 372 g/mol. The zero-order valence-corrected chi connectivity index (χ0v) is 17.6. The van der Waals surface area contributed by atoms with E-state index in [0.29, 0.717) is 12.2 Å². The Morgan fingerprint density at radius 2 is 1.46 bits per heavy atom. The summed E-state index contributed by atoms with van der Waals surface area (Å²) in [5, 5.41) is 10.7. The van der Waals surface area contributed by atoms with Gasteiger partial charge in [-0.15, -0.1) is 0 Å². The number of aryl methyl sites for hydroxylation is 2. The lowest BCUT2D eigenvalue weighted by atomic mass is 10.1. The van der Waals surface area contributed by atoms with E-state index in [-0.39, 0.29) is 11.4 Å². The van der Waals surface area contributed by atoms with Crippen molar-refractivity contribution in [2.75, 3.05) is 30.5 Å². The van der Waals surface area contributed by atoms with Crippen LogP contribution in [0.2, 0.25) is 0 Å². The molecule has 0 radical (unpaired) electrons. The highest BCUT2D eigenvalue weighted by Gasteiger charge is 2.29. The summed E-state index contributed by atoms with van der Waals surface area (Å²) < 4.78 is 28.1. The molecule has 0 amide bonds. The van der Waals surface area contributed by atoms with Gasteiger partial charge in [-0.25, -0.2) is 8.42 Å². The molecule has 2 aromatic rings. The number of hydrogen-bond acceptors (Lipinski definition) is 3. The number of nitrogens with one attached hydrogen (secondary N) is 1. The molecule has 6 heteroatoms. The number of aliphatic hydroxyl groups excluding tert-OH is 1. The van der Waals surface area contributed by atoms with Crippen molar-refractivity contribution in [1.82, 2.24) is 0 Å². The van der Waals surface area contributed by atoms with Crippen LogP contribution in [-0.2, 0) is 10.0 Å². The number of piperidine rings is 1. The molecule has 3 rings (SSSR count).